The number of hydrogen-bond acceptors (Lipinski definition) is 3. The number of carbonyl (C=O) groups is 2. The van der Waals surface area contributed by atoms with E-state index in [1.165, 1.54) is 0 Å². The highest BCUT2D eigenvalue weighted by molar-refractivity contribution is 5.94. The lowest BCUT2D eigenvalue weighted by atomic mass is 10.1. The number of rotatable bonds is 3. The monoisotopic (exact) mass is 250 g/mol. The van der Waals surface area contributed by atoms with Gasteiger partial charge in [0.15, 0.2) is 0 Å². The summed E-state index contributed by atoms with van der Waals surface area (Å²) in [6.45, 7) is 5.71. The van der Waals surface area contributed by atoms with Gasteiger partial charge in [0.25, 0.3) is 0 Å². The first-order valence-electron chi connectivity index (χ1n) is 6.19. The molecule has 18 heavy (non-hydrogen) atoms. The zero-order chi connectivity index (χ0) is 13.3. The maximum Gasteiger partial charge on any atom is 0.243 e. The van der Waals surface area contributed by atoms with Crippen LogP contribution in [0.25, 0.3) is 0 Å². The van der Waals surface area contributed by atoms with Gasteiger partial charge in [-0.2, -0.15) is 0 Å². The predicted octanol–water partition coefficient (Wildman–Crippen LogP) is 1.39. The summed E-state index contributed by atoms with van der Waals surface area (Å²) in [6.07, 6.45) is 0.599. The Morgan fingerprint density at radius 1 is 1.50 bits per heavy atom. The van der Waals surface area contributed by atoms with Gasteiger partial charge in [-0.3, -0.25) is 9.59 Å². The van der Waals surface area contributed by atoms with Gasteiger partial charge in [-0.15, -0.1) is 0 Å². The first-order chi connectivity index (χ1) is 8.54. The van der Waals surface area contributed by atoms with Crippen LogP contribution < -0.4 is 5.32 Å². The standard InChI is InChI=1S/C13H18N2O3/c1-4-10-13(17)14-7-12(16)15(10)9(3)11-6-5-8(2)18-11/h5-6,9-10H,4,7H2,1-3H3,(H,14,17). The van der Waals surface area contributed by atoms with Crippen molar-refractivity contribution in [3.05, 3.63) is 23.7 Å². The Labute approximate surface area is 106 Å². The van der Waals surface area contributed by atoms with Crippen LogP contribution in [0.1, 0.15) is 37.8 Å². The molecule has 1 fully saturated rings. The van der Waals surface area contributed by atoms with Crippen molar-refractivity contribution in [1.29, 1.82) is 0 Å². The molecule has 0 radical (unpaired) electrons. The molecule has 2 heterocycles. The highest BCUT2D eigenvalue weighted by Crippen LogP contribution is 2.26. The third-order valence-electron chi connectivity index (χ3n) is 3.32. The predicted molar refractivity (Wildman–Crippen MR) is 65.8 cm³/mol. The maximum atomic E-state index is 12.0. The van der Waals surface area contributed by atoms with Gasteiger partial charge in [-0.1, -0.05) is 6.92 Å². The van der Waals surface area contributed by atoms with E-state index in [0.29, 0.717) is 12.2 Å². The van der Waals surface area contributed by atoms with E-state index in [2.05, 4.69) is 5.32 Å². The molecular formula is C13H18N2O3. The molecule has 2 rings (SSSR count). The summed E-state index contributed by atoms with van der Waals surface area (Å²) in [6, 6.07) is 3.09. The summed E-state index contributed by atoms with van der Waals surface area (Å²) >= 11 is 0. The number of piperazine rings is 1. The minimum absolute atomic E-state index is 0.0667. The van der Waals surface area contributed by atoms with E-state index in [1.54, 1.807) is 4.90 Å². The Kier molecular flexibility index (Phi) is 3.41. The number of carbonyl (C=O) groups excluding carboxylic acids is 2. The van der Waals surface area contributed by atoms with Crippen molar-refractivity contribution < 1.29 is 14.0 Å². The third kappa shape index (κ3) is 2.12. The number of nitrogens with zero attached hydrogens (tertiary/aromatic N) is 1. The first kappa shape index (κ1) is 12.7. The molecule has 98 valence electrons. The number of nitrogens with one attached hydrogen (secondary N) is 1. The van der Waals surface area contributed by atoms with Crippen LogP contribution in [0.4, 0.5) is 0 Å². The Hall–Kier alpha value is -1.78. The molecular weight excluding hydrogens is 232 g/mol. The van der Waals surface area contributed by atoms with Crippen LogP contribution in [0.15, 0.2) is 16.5 Å². The van der Waals surface area contributed by atoms with Gasteiger partial charge in [-0.25, -0.2) is 0 Å². The van der Waals surface area contributed by atoms with E-state index >= 15 is 0 Å². The van der Waals surface area contributed by atoms with E-state index in [4.69, 9.17) is 4.42 Å². The molecule has 0 spiro atoms. The summed E-state index contributed by atoms with van der Waals surface area (Å²) in [5.74, 6) is 1.36. The van der Waals surface area contributed by atoms with E-state index < -0.39 is 6.04 Å². The Morgan fingerprint density at radius 2 is 2.22 bits per heavy atom. The molecule has 0 bridgehead atoms. The summed E-state index contributed by atoms with van der Waals surface area (Å²) in [7, 11) is 0. The fraction of sp³-hybridized carbons (Fsp3) is 0.538. The van der Waals surface area contributed by atoms with Crippen molar-refractivity contribution in [3.8, 4) is 0 Å². The maximum absolute atomic E-state index is 12.0. The second-order valence-electron chi connectivity index (χ2n) is 4.57. The molecule has 5 heteroatoms. The van der Waals surface area contributed by atoms with Crippen LogP contribution in [0.3, 0.4) is 0 Å². The summed E-state index contributed by atoms with van der Waals surface area (Å²) in [5, 5.41) is 2.61. The van der Waals surface area contributed by atoms with Crippen molar-refractivity contribution >= 4 is 11.8 Å². The molecule has 1 aliphatic rings. The molecule has 2 atom stereocenters. The van der Waals surface area contributed by atoms with Crippen molar-refractivity contribution in [2.45, 2.75) is 39.3 Å². The van der Waals surface area contributed by atoms with Gasteiger partial charge < -0.3 is 14.6 Å². The van der Waals surface area contributed by atoms with Gasteiger partial charge >= 0.3 is 0 Å². The first-order valence-corrected chi connectivity index (χ1v) is 6.19. The van der Waals surface area contributed by atoms with Gasteiger partial charge in [0.2, 0.25) is 11.8 Å². The fourth-order valence-corrected chi connectivity index (χ4v) is 2.36. The quantitative estimate of drug-likeness (QED) is 0.881. The van der Waals surface area contributed by atoms with Crippen molar-refractivity contribution in [2.24, 2.45) is 0 Å². The minimum Gasteiger partial charge on any atom is -0.464 e. The van der Waals surface area contributed by atoms with Crippen LogP contribution >= 0.6 is 0 Å². The van der Waals surface area contributed by atoms with Crippen LogP contribution in [0.5, 0.6) is 0 Å². The van der Waals surface area contributed by atoms with Crippen LogP contribution in [-0.4, -0.2) is 29.3 Å². The van der Waals surface area contributed by atoms with Crippen molar-refractivity contribution in [2.75, 3.05) is 6.54 Å². The normalized spacial score (nSPS) is 21.9. The molecule has 1 aromatic rings. The van der Waals surface area contributed by atoms with Crippen molar-refractivity contribution in [3.63, 3.8) is 0 Å². The van der Waals surface area contributed by atoms with E-state index in [-0.39, 0.29) is 24.4 Å². The second-order valence-corrected chi connectivity index (χ2v) is 4.57. The molecule has 2 unspecified atom stereocenters. The summed E-state index contributed by atoms with van der Waals surface area (Å²) in [5.41, 5.74) is 0. The molecule has 2 amide bonds. The molecule has 1 aromatic heterocycles. The highest BCUT2D eigenvalue weighted by atomic mass is 16.3. The smallest absolute Gasteiger partial charge is 0.243 e. The summed E-state index contributed by atoms with van der Waals surface area (Å²) in [4.78, 5) is 25.4. The Morgan fingerprint density at radius 3 is 2.78 bits per heavy atom. The van der Waals surface area contributed by atoms with E-state index in [0.717, 1.165) is 5.76 Å². The van der Waals surface area contributed by atoms with E-state index in [1.807, 2.05) is 32.9 Å². The van der Waals surface area contributed by atoms with Gasteiger partial charge in [0, 0.05) is 0 Å². The molecule has 0 aromatic carbocycles. The van der Waals surface area contributed by atoms with Crippen LogP contribution in [0, 0.1) is 6.92 Å². The zero-order valence-corrected chi connectivity index (χ0v) is 10.9. The highest BCUT2D eigenvalue weighted by Gasteiger charge is 2.37. The lowest BCUT2D eigenvalue weighted by molar-refractivity contribution is -0.148. The number of hydrogen-bond donors (Lipinski definition) is 1. The molecule has 0 aliphatic carbocycles. The van der Waals surface area contributed by atoms with Gasteiger partial charge in [0.1, 0.15) is 17.6 Å². The number of furan rings is 1. The van der Waals surface area contributed by atoms with Crippen LogP contribution in [0.2, 0.25) is 0 Å². The number of aryl methyl sites for hydroxylation is 1. The topological polar surface area (TPSA) is 62.6 Å². The summed E-state index contributed by atoms with van der Waals surface area (Å²) < 4.78 is 5.55. The molecule has 1 aliphatic heterocycles. The average Bonchev–Trinajstić information content (AvgIpc) is 2.77. The Bertz CT molecular complexity index is 467. The lowest BCUT2D eigenvalue weighted by Crippen LogP contribution is -2.58. The molecule has 1 saturated heterocycles. The largest absolute Gasteiger partial charge is 0.464 e. The van der Waals surface area contributed by atoms with E-state index in [9.17, 15) is 9.59 Å². The van der Waals surface area contributed by atoms with Crippen LogP contribution in [-0.2, 0) is 9.59 Å². The number of amides is 2. The molecule has 1 N–H and O–H groups in total. The SMILES string of the molecule is CCC1C(=O)NCC(=O)N1C(C)c1ccc(C)o1. The molecule has 0 saturated carbocycles. The third-order valence-corrected chi connectivity index (χ3v) is 3.32. The lowest BCUT2D eigenvalue weighted by Gasteiger charge is -2.37. The minimum atomic E-state index is -0.411. The zero-order valence-electron chi connectivity index (χ0n) is 10.9. The fourth-order valence-electron chi connectivity index (χ4n) is 2.36. The molecule has 5 nitrogen and oxygen atoms in total. The van der Waals surface area contributed by atoms with Crippen molar-refractivity contribution in [1.82, 2.24) is 10.2 Å². The Balaban J connectivity index is 2.27. The second kappa shape index (κ2) is 4.84. The van der Waals surface area contributed by atoms with Gasteiger partial charge in [0.05, 0.1) is 12.6 Å². The van der Waals surface area contributed by atoms with Gasteiger partial charge in [-0.05, 0) is 32.4 Å². The average molecular weight is 250 g/mol.